The Morgan fingerprint density at radius 3 is 2.04 bits per heavy atom. The first kappa shape index (κ1) is 12.7. The average Bonchev–Trinajstić information content (AvgIpc) is 2.98. The molecule has 0 aliphatic heterocycles. The minimum absolute atomic E-state index is 1.03. The summed E-state index contributed by atoms with van der Waals surface area (Å²) in [5, 5.41) is 2.66. The van der Waals surface area contributed by atoms with Gasteiger partial charge in [0.05, 0.1) is 0 Å². The molecule has 4 aromatic rings. The predicted octanol–water partition coefficient (Wildman–Crippen LogP) is 6.08. The summed E-state index contributed by atoms with van der Waals surface area (Å²) in [6, 6.07) is 30.8. The Hall–Kier alpha value is -2.86. The predicted molar refractivity (Wildman–Crippen MR) is 97.6 cm³/mol. The zero-order valence-corrected chi connectivity index (χ0v) is 12.8. The molecule has 0 atom stereocenters. The third-order valence-electron chi connectivity index (χ3n) is 4.89. The summed E-state index contributed by atoms with van der Waals surface area (Å²) >= 11 is 0. The molecular weight excluding hydrogens is 276 g/mol. The number of benzene rings is 4. The van der Waals surface area contributed by atoms with Crippen LogP contribution in [0.5, 0.6) is 0 Å². The molecule has 0 spiro atoms. The van der Waals surface area contributed by atoms with E-state index in [2.05, 4.69) is 84.9 Å². The second kappa shape index (κ2) is 4.82. The van der Waals surface area contributed by atoms with E-state index >= 15 is 0 Å². The molecule has 0 amide bonds. The number of hydrogen-bond acceptors (Lipinski definition) is 0. The highest BCUT2D eigenvalue weighted by Gasteiger charge is 2.21. The largest absolute Gasteiger partial charge is 0.0622 e. The van der Waals surface area contributed by atoms with E-state index in [0.29, 0.717) is 0 Å². The SMILES string of the molecule is c1ccc(-c2cccc3c2Cc2cc4ccccc4cc2-3)cc1. The lowest BCUT2D eigenvalue weighted by atomic mass is 9.96. The first-order valence-corrected chi connectivity index (χ1v) is 8.09. The van der Waals surface area contributed by atoms with Gasteiger partial charge in [0.15, 0.2) is 0 Å². The van der Waals surface area contributed by atoms with Gasteiger partial charge in [0.25, 0.3) is 0 Å². The van der Waals surface area contributed by atoms with Crippen molar-refractivity contribution in [2.45, 2.75) is 6.42 Å². The second-order valence-electron chi connectivity index (χ2n) is 6.23. The number of hydrogen-bond donors (Lipinski definition) is 0. The summed E-state index contributed by atoms with van der Waals surface area (Å²) in [6.07, 6.45) is 1.03. The van der Waals surface area contributed by atoms with E-state index in [1.54, 1.807) is 0 Å². The van der Waals surface area contributed by atoms with Crippen LogP contribution in [0.25, 0.3) is 33.0 Å². The quantitative estimate of drug-likeness (QED) is 0.351. The smallest absolute Gasteiger partial charge is 0.000706 e. The van der Waals surface area contributed by atoms with E-state index in [1.807, 2.05) is 0 Å². The lowest BCUT2D eigenvalue weighted by Gasteiger charge is -2.08. The number of rotatable bonds is 1. The van der Waals surface area contributed by atoms with E-state index in [0.717, 1.165) is 6.42 Å². The molecule has 0 nitrogen and oxygen atoms in total. The minimum atomic E-state index is 1.03. The monoisotopic (exact) mass is 292 g/mol. The van der Waals surface area contributed by atoms with Crippen LogP contribution in [-0.4, -0.2) is 0 Å². The van der Waals surface area contributed by atoms with Crippen LogP contribution in [0, 0.1) is 0 Å². The summed E-state index contributed by atoms with van der Waals surface area (Å²) in [4.78, 5) is 0. The van der Waals surface area contributed by atoms with Gasteiger partial charge in [0.1, 0.15) is 0 Å². The van der Waals surface area contributed by atoms with Crippen LogP contribution in [0.3, 0.4) is 0 Å². The topological polar surface area (TPSA) is 0 Å². The third-order valence-corrected chi connectivity index (χ3v) is 4.89. The molecule has 1 aliphatic carbocycles. The van der Waals surface area contributed by atoms with Crippen molar-refractivity contribution in [2.75, 3.05) is 0 Å². The molecule has 0 aromatic heterocycles. The Bertz CT molecular complexity index is 1030. The van der Waals surface area contributed by atoms with Gasteiger partial charge in [-0.2, -0.15) is 0 Å². The van der Waals surface area contributed by atoms with Gasteiger partial charge in [0.2, 0.25) is 0 Å². The molecule has 108 valence electrons. The standard InChI is InChI=1S/C23H16/c1-2-7-16(8-3-1)20-11-6-12-21-22-14-18-10-5-4-9-17(18)13-19(22)15-23(20)21/h1-14H,15H2. The average molecular weight is 292 g/mol. The Morgan fingerprint density at radius 2 is 1.22 bits per heavy atom. The maximum absolute atomic E-state index is 2.36. The maximum Gasteiger partial charge on any atom is -0.000706 e. The zero-order chi connectivity index (χ0) is 15.2. The normalized spacial score (nSPS) is 12.2. The van der Waals surface area contributed by atoms with Gasteiger partial charge >= 0.3 is 0 Å². The van der Waals surface area contributed by atoms with E-state index in [1.165, 1.54) is 44.2 Å². The van der Waals surface area contributed by atoms with Crippen LogP contribution < -0.4 is 0 Å². The molecule has 0 saturated carbocycles. The Kier molecular flexibility index (Phi) is 2.65. The van der Waals surface area contributed by atoms with Gasteiger partial charge in [-0.1, -0.05) is 78.9 Å². The van der Waals surface area contributed by atoms with Crippen molar-refractivity contribution in [1.82, 2.24) is 0 Å². The first-order valence-electron chi connectivity index (χ1n) is 8.09. The summed E-state index contributed by atoms with van der Waals surface area (Å²) in [7, 11) is 0. The molecule has 0 heterocycles. The fourth-order valence-corrected chi connectivity index (χ4v) is 3.79. The van der Waals surface area contributed by atoms with E-state index in [4.69, 9.17) is 0 Å². The van der Waals surface area contributed by atoms with Crippen molar-refractivity contribution in [3.8, 4) is 22.3 Å². The Morgan fingerprint density at radius 1 is 0.522 bits per heavy atom. The molecule has 0 radical (unpaired) electrons. The van der Waals surface area contributed by atoms with Gasteiger partial charge in [0, 0.05) is 0 Å². The zero-order valence-electron chi connectivity index (χ0n) is 12.8. The summed E-state index contributed by atoms with van der Waals surface area (Å²) < 4.78 is 0. The Labute approximate surface area is 136 Å². The summed E-state index contributed by atoms with van der Waals surface area (Å²) in [6.45, 7) is 0. The Balaban J connectivity index is 1.76. The van der Waals surface area contributed by atoms with Crippen molar-refractivity contribution in [2.24, 2.45) is 0 Å². The van der Waals surface area contributed by atoms with Gasteiger partial charge in [-0.15, -0.1) is 0 Å². The second-order valence-corrected chi connectivity index (χ2v) is 6.23. The van der Waals surface area contributed by atoms with Crippen LogP contribution in [0.1, 0.15) is 11.1 Å². The molecule has 0 unspecified atom stereocenters. The van der Waals surface area contributed by atoms with Crippen LogP contribution in [-0.2, 0) is 6.42 Å². The maximum atomic E-state index is 2.36. The van der Waals surface area contributed by atoms with Crippen molar-refractivity contribution in [1.29, 1.82) is 0 Å². The van der Waals surface area contributed by atoms with Crippen molar-refractivity contribution in [3.63, 3.8) is 0 Å². The van der Waals surface area contributed by atoms with E-state index in [-0.39, 0.29) is 0 Å². The van der Waals surface area contributed by atoms with Crippen LogP contribution in [0.15, 0.2) is 84.9 Å². The molecule has 5 rings (SSSR count). The van der Waals surface area contributed by atoms with Gasteiger partial charge in [-0.05, 0) is 56.6 Å². The molecule has 0 heteroatoms. The van der Waals surface area contributed by atoms with Gasteiger partial charge < -0.3 is 0 Å². The highest BCUT2D eigenvalue weighted by atomic mass is 14.2. The molecule has 0 bridgehead atoms. The highest BCUT2D eigenvalue weighted by molar-refractivity contribution is 5.93. The highest BCUT2D eigenvalue weighted by Crippen LogP contribution is 2.42. The van der Waals surface area contributed by atoms with Crippen molar-refractivity contribution >= 4 is 10.8 Å². The fraction of sp³-hybridized carbons (Fsp3) is 0.0435. The van der Waals surface area contributed by atoms with Gasteiger partial charge in [-0.3, -0.25) is 0 Å². The fourth-order valence-electron chi connectivity index (χ4n) is 3.79. The van der Waals surface area contributed by atoms with Gasteiger partial charge in [-0.25, -0.2) is 0 Å². The van der Waals surface area contributed by atoms with Crippen molar-refractivity contribution < 1.29 is 0 Å². The lowest BCUT2D eigenvalue weighted by Crippen LogP contribution is -1.87. The van der Waals surface area contributed by atoms with Crippen LogP contribution in [0.2, 0.25) is 0 Å². The molecular formula is C23H16. The van der Waals surface area contributed by atoms with E-state index < -0.39 is 0 Å². The molecule has 0 fully saturated rings. The first-order chi connectivity index (χ1) is 11.4. The van der Waals surface area contributed by atoms with Crippen LogP contribution in [0.4, 0.5) is 0 Å². The lowest BCUT2D eigenvalue weighted by molar-refractivity contribution is 1.27. The summed E-state index contributed by atoms with van der Waals surface area (Å²) in [5.74, 6) is 0. The molecule has 1 aliphatic rings. The molecule has 0 N–H and O–H groups in total. The molecule has 23 heavy (non-hydrogen) atoms. The summed E-state index contributed by atoms with van der Waals surface area (Å²) in [5.41, 5.74) is 8.37. The van der Waals surface area contributed by atoms with Crippen LogP contribution >= 0.6 is 0 Å². The van der Waals surface area contributed by atoms with Crippen molar-refractivity contribution in [3.05, 3.63) is 96.1 Å². The number of fused-ring (bicyclic) bond motifs is 4. The minimum Gasteiger partial charge on any atom is -0.0622 e. The third kappa shape index (κ3) is 1.92. The molecule has 0 saturated heterocycles. The molecule has 4 aromatic carbocycles. The van der Waals surface area contributed by atoms with E-state index in [9.17, 15) is 0 Å².